The van der Waals surface area contributed by atoms with Crippen LogP contribution in [0.1, 0.15) is 34.6 Å². The Balaban J connectivity index is 2.74. The summed E-state index contributed by atoms with van der Waals surface area (Å²) < 4.78 is 31.0. The molecule has 0 spiro atoms. The summed E-state index contributed by atoms with van der Waals surface area (Å²) in [7, 11) is -2.71. The fourth-order valence-corrected chi connectivity index (χ4v) is 3.23. The molecule has 2 N–H and O–H groups in total. The van der Waals surface area contributed by atoms with Gasteiger partial charge in [0.2, 0.25) is 15.9 Å². The van der Waals surface area contributed by atoms with E-state index in [1.54, 1.807) is 20.8 Å². The van der Waals surface area contributed by atoms with Crippen LogP contribution in [0.15, 0.2) is 29.2 Å². The van der Waals surface area contributed by atoms with Gasteiger partial charge in [-0.25, -0.2) is 8.42 Å². The van der Waals surface area contributed by atoms with Gasteiger partial charge in [0.25, 0.3) is 5.91 Å². The molecular formula is C18H27N3O6S. The third-order valence-electron chi connectivity index (χ3n) is 3.41. The van der Waals surface area contributed by atoms with Crippen LogP contribution >= 0.6 is 0 Å². The molecule has 0 saturated heterocycles. The number of esters is 1. The molecule has 28 heavy (non-hydrogen) atoms. The van der Waals surface area contributed by atoms with E-state index in [2.05, 4.69) is 10.6 Å². The Morgan fingerprint density at radius 3 is 2.14 bits per heavy atom. The van der Waals surface area contributed by atoms with Gasteiger partial charge in [0.1, 0.15) is 6.54 Å². The van der Waals surface area contributed by atoms with Crippen molar-refractivity contribution in [2.24, 2.45) is 0 Å². The molecule has 2 amide bonds. The molecule has 1 aromatic rings. The van der Waals surface area contributed by atoms with Gasteiger partial charge in [-0.05, 0) is 52.0 Å². The summed E-state index contributed by atoms with van der Waals surface area (Å²) in [6.45, 7) is 7.56. The molecule has 156 valence electrons. The zero-order chi connectivity index (χ0) is 21.7. The van der Waals surface area contributed by atoms with Gasteiger partial charge in [-0.15, -0.1) is 0 Å². The summed E-state index contributed by atoms with van der Waals surface area (Å²) in [6, 6.07) is 5.53. The van der Waals surface area contributed by atoms with Crippen molar-refractivity contribution in [1.29, 1.82) is 0 Å². The van der Waals surface area contributed by atoms with E-state index in [1.165, 1.54) is 45.2 Å². The number of sulfonamides is 1. The number of anilines is 1. The first-order valence-electron chi connectivity index (χ1n) is 8.58. The normalized spacial score (nSPS) is 13.0. The fraction of sp³-hybridized carbons (Fsp3) is 0.500. The summed E-state index contributed by atoms with van der Waals surface area (Å²) in [5.41, 5.74) is -0.0337. The number of nitrogens with zero attached hydrogens (tertiary/aromatic N) is 1. The quantitative estimate of drug-likeness (QED) is 0.646. The molecule has 1 aromatic carbocycles. The van der Waals surface area contributed by atoms with Crippen molar-refractivity contribution in [3.05, 3.63) is 24.3 Å². The molecule has 9 nitrogen and oxygen atoms in total. The number of benzene rings is 1. The SMILES string of the molecule is CC(=O)Nc1ccc(S(=O)(=O)N(C)CC(=O)O[C@@H](C)C(=O)NC(C)(C)C)cc1. The van der Waals surface area contributed by atoms with Gasteiger partial charge in [0.05, 0.1) is 4.90 Å². The standard InChI is InChI=1S/C18H27N3O6S/c1-12(17(24)20-18(3,4)5)27-16(23)11-21(6)28(25,26)15-9-7-14(8-10-15)19-13(2)22/h7-10,12H,11H2,1-6H3,(H,19,22)(H,20,24)/t12-/m0/s1. The molecule has 0 aromatic heterocycles. The number of hydrogen-bond donors (Lipinski definition) is 2. The van der Waals surface area contributed by atoms with Crippen LogP contribution in [0.2, 0.25) is 0 Å². The fourth-order valence-electron chi connectivity index (χ4n) is 2.12. The van der Waals surface area contributed by atoms with Crippen LogP contribution in [0.4, 0.5) is 5.69 Å². The maximum absolute atomic E-state index is 12.6. The Bertz CT molecular complexity index is 828. The molecule has 0 aliphatic rings. The summed E-state index contributed by atoms with van der Waals surface area (Å²) in [4.78, 5) is 35.0. The average Bonchev–Trinajstić information content (AvgIpc) is 2.52. The van der Waals surface area contributed by atoms with Gasteiger partial charge in [0.15, 0.2) is 6.10 Å². The molecule has 0 heterocycles. The van der Waals surface area contributed by atoms with Crippen molar-refractivity contribution in [2.75, 3.05) is 18.9 Å². The lowest BCUT2D eigenvalue weighted by Gasteiger charge is -2.23. The number of rotatable bonds is 7. The van der Waals surface area contributed by atoms with E-state index in [0.717, 1.165) is 4.31 Å². The summed E-state index contributed by atoms with van der Waals surface area (Å²) in [5.74, 6) is -1.60. The van der Waals surface area contributed by atoms with Gasteiger partial charge < -0.3 is 15.4 Å². The first-order chi connectivity index (χ1) is 12.7. The van der Waals surface area contributed by atoms with Gasteiger partial charge in [0, 0.05) is 25.2 Å². The smallest absolute Gasteiger partial charge is 0.322 e. The van der Waals surface area contributed by atoms with Gasteiger partial charge in [-0.3, -0.25) is 14.4 Å². The van der Waals surface area contributed by atoms with Crippen molar-refractivity contribution >= 4 is 33.5 Å². The molecule has 0 saturated carbocycles. The largest absolute Gasteiger partial charge is 0.452 e. The van der Waals surface area contributed by atoms with E-state index in [4.69, 9.17) is 4.74 Å². The number of likely N-dealkylation sites (N-methyl/N-ethyl adjacent to an activating group) is 1. The number of nitrogens with one attached hydrogen (secondary N) is 2. The highest BCUT2D eigenvalue weighted by Gasteiger charge is 2.26. The van der Waals surface area contributed by atoms with Crippen LogP contribution in [-0.2, 0) is 29.1 Å². The van der Waals surface area contributed by atoms with Gasteiger partial charge >= 0.3 is 5.97 Å². The predicted octanol–water partition coefficient (Wildman–Crippen LogP) is 1.11. The van der Waals surface area contributed by atoms with E-state index >= 15 is 0 Å². The molecule has 1 rings (SSSR count). The molecule has 0 aliphatic carbocycles. The number of amides is 2. The van der Waals surface area contributed by atoms with E-state index < -0.39 is 40.1 Å². The molecule has 10 heteroatoms. The zero-order valence-electron chi connectivity index (χ0n) is 16.9. The number of ether oxygens (including phenoxy) is 1. The minimum absolute atomic E-state index is 0.0459. The molecule has 0 bridgehead atoms. The number of carbonyl (C=O) groups is 3. The Labute approximate surface area is 165 Å². The van der Waals surface area contributed by atoms with Crippen molar-refractivity contribution in [2.45, 2.75) is 51.2 Å². The molecule has 0 radical (unpaired) electrons. The highest BCUT2D eigenvalue weighted by atomic mass is 32.2. The van der Waals surface area contributed by atoms with Crippen LogP contribution in [0.5, 0.6) is 0 Å². The maximum atomic E-state index is 12.6. The van der Waals surface area contributed by atoms with Gasteiger partial charge in [-0.2, -0.15) is 4.31 Å². The molecule has 1 atom stereocenters. The zero-order valence-corrected chi connectivity index (χ0v) is 17.7. The highest BCUT2D eigenvalue weighted by Crippen LogP contribution is 2.17. The van der Waals surface area contributed by atoms with Crippen LogP contribution in [-0.4, -0.2) is 55.7 Å². The lowest BCUT2D eigenvalue weighted by molar-refractivity contribution is -0.155. The Kier molecular flexibility index (Phi) is 7.71. The minimum atomic E-state index is -3.94. The Morgan fingerprint density at radius 2 is 1.68 bits per heavy atom. The summed E-state index contributed by atoms with van der Waals surface area (Å²) in [6.07, 6.45) is -1.06. The van der Waals surface area contributed by atoms with Crippen LogP contribution in [0, 0.1) is 0 Å². The monoisotopic (exact) mass is 413 g/mol. The van der Waals surface area contributed by atoms with Crippen molar-refractivity contribution in [3.8, 4) is 0 Å². The second-order valence-electron chi connectivity index (χ2n) is 7.34. The first-order valence-corrected chi connectivity index (χ1v) is 10.0. The lowest BCUT2D eigenvalue weighted by Crippen LogP contribution is -2.47. The number of carbonyl (C=O) groups excluding carboxylic acids is 3. The van der Waals surface area contributed by atoms with Gasteiger partial charge in [-0.1, -0.05) is 0 Å². The van der Waals surface area contributed by atoms with E-state index in [-0.39, 0.29) is 10.8 Å². The van der Waals surface area contributed by atoms with Crippen molar-refractivity contribution in [1.82, 2.24) is 9.62 Å². The number of hydrogen-bond acceptors (Lipinski definition) is 6. The molecule has 0 unspecified atom stereocenters. The maximum Gasteiger partial charge on any atom is 0.322 e. The van der Waals surface area contributed by atoms with Crippen molar-refractivity contribution in [3.63, 3.8) is 0 Å². The molecule has 0 fully saturated rings. The first kappa shape index (κ1) is 23.6. The summed E-state index contributed by atoms with van der Waals surface area (Å²) >= 11 is 0. The minimum Gasteiger partial charge on any atom is -0.452 e. The van der Waals surface area contributed by atoms with Crippen molar-refractivity contribution < 1.29 is 27.5 Å². The highest BCUT2D eigenvalue weighted by molar-refractivity contribution is 7.89. The molecular weight excluding hydrogens is 386 g/mol. The summed E-state index contributed by atoms with van der Waals surface area (Å²) in [5, 5.41) is 5.21. The third-order valence-corrected chi connectivity index (χ3v) is 5.23. The van der Waals surface area contributed by atoms with E-state index in [0.29, 0.717) is 5.69 Å². The second-order valence-corrected chi connectivity index (χ2v) is 9.38. The Morgan fingerprint density at radius 1 is 1.14 bits per heavy atom. The second kappa shape index (κ2) is 9.16. The lowest BCUT2D eigenvalue weighted by atomic mass is 10.1. The topological polar surface area (TPSA) is 122 Å². The van der Waals surface area contributed by atoms with Crippen LogP contribution in [0.25, 0.3) is 0 Å². The van der Waals surface area contributed by atoms with Crippen LogP contribution in [0.3, 0.4) is 0 Å². The van der Waals surface area contributed by atoms with E-state index in [1.807, 2.05) is 0 Å². The van der Waals surface area contributed by atoms with Crippen LogP contribution < -0.4 is 10.6 Å². The van der Waals surface area contributed by atoms with E-state index in [9.17, 15) is 22.8 Å². The Hall–Kier alpha value is -2.46. The average molecular weight is 413 g/mol. The molecule has 0 aliphatic heterocycles. The predicted molar refractivity (Wildman–Crippen MR) is 104 cm³/mol. The third kappa shape index (κ3) is 7.28.